The highest BCUT2D eigenvalue weighted by Gasteiger charge is 2.33. The molecule has 0 radical (unpaired) electrons. The van der Waals surface area contributed by atoms with Gasteiger partial charge in [0.15, 0.2) is 10.9 Å². The third-order valence-electron chi connectivity index (χ3n) is 4.84. The van der Waals surface area contributed by atoms with Crippen LogP contribution in [0.25, 0.3) is 0 Å². The standard InChI is InChI=1S/C21H17F3N2O5S/c22-21(23,24)31-14-5-2-1-4-13(14)19(28)26-20-25-11-17(32-20)18(27)12-7-9-30-16(10-12)15-6-3-8-29-15/h1-6,8,11-12,16H,7,9-10H2,(H,25,26,28). The van der Waals surface area contributed by atoms with E-state index in [1.54, 1.807) is 18.4 Å². The Balaban J connectivity index is 1.43. The number of nitrogens with one attached hydrogen (secondary N) is 1. The van der Waals surface area contributed by atoms with E-state index in [0.717, 1.165) is 17.4 Å². The zero-order valence-electron chi connectivity index (χ0n) is 16.4. The van der Waals surface area contributed by atoms with Gasteiger partial charge in [0.1, 0.15) is 17.6 Å². The van der Waals surface area contributed by atoms with E-state index in [0.29, 0.717) is 30.1 Å². The number of benzene rings is 1. The predicted molar refractivity (Wildman–Crippen MR) is 108 cm³/mol. The number of carbonyl (C=O) groups is 2. The number of amides is 1. The summed E-state index contributed by atoms with van der Waals surface area (Å²) >= 11 is 0.955. The van der Waals surface area contributed by atoms with Crippen LogP contribution in [0.4, 0.5) is 18.3 Å². The summed E-state index contributed by atoms with van der Waals surface area (Å²) in [6.45, 7) is 0.403. The fourth-order valence-electron chi connectivity index (χ4n) is 3.39. The molecule has 1 aliphatic rings. The number of halogens is 3. The molecule has 168 valence electrons. The van der Waals surface area contributed by atoms with Gasteiger partial charge in [-0.3, -0.25) is 14.9 Å². The predicted octanol–water partition coefficient (Wildman–Crippen LogP) is 5.24. The van der Waals surface area contributed by atoms with Crippen molar-refractivity contribution in [2.45, 2.75) is 25.3 Å². The number of Topliss-reactive ketones (excluding diaryl/α,β-unsaturated/α-hetero) is 1. The van der Waals surface area contributed by atoms with Gasteiger partial charge in [0.2, 0.25) is 0 Å². The molecule has 1 aromatic carbocycles. The monoisotopic (exact) mass is 466 g/mol. The van der Waals surface area contributed by atoms with Crippen LogP contribution in [0.2, 0.25) is 0 Å². The minimum Gasteiger partial charge on any atom is -0.467 e. The van der Waals surface area contributed by atoms with Crippen molar-refractivity contribution in [1.82, 2.24) is 4.98 Å². The number of furan rings is 1. The number of nitrogens with zero attached hydrogens (tertiary/aromatic N) is 1. The molecule has 1 aliphatic heterocycles. The average molecular weight is 466 g/mol. The number of alkyl halides is 3. The van der Waals surface area contributed by atoms with Crippen LogP contribution in [0.5, 0.6) is 5.75 Å². The molecular weight excluding hydrogens is 449 g/mol. The van der Waals surface area contributed by atoms with E-state index >= 15 is 0 Å². The number of rotatable bonds is 6. The molecule has 0 saturated carbocycles. The third kappa shape index (κ3) is 5.17. The SMILES string of the molecule is O=C(Nc1ncc(C(=O)C2CCOC(c3ccco3)C2)s1)c1ccccc1OC(F)(F)F. The van der Waals surface area contributed by atoms with Crippen LogP contribution in [0.15, 0.2) is 53.3 Å². The van der Waals surface area contributed by atoms with Crippen molar-refractivity contribution in [2.24, 2.45) is 5.92 Å². The van der Waals surface area contributed by atoms with Gasteiger partial charge in [-0.05, 0) is 37.1 Å². The lowest BCUT2D eigenvalue weighted by Gasteiger charge is -2.27. The highest BCUT2D eigenvalue weighted by Crippen LogP contribution is 2.35. The van der Waals surface area contributed by atoms with Gasteiger partial charge in [0.25, 0.3) is 5.91 Å². The van der Waals surface area contributed by atoms with Crippen molar-refractivity contribution in [3.05, 3.63) is 65.1 Å². The number of hydrogen-bond acceptors (Lipinski definition) is 7. The summed E-state index contributed by atoms with van der Waals surface area (Å²) in [6.07, 6.45) is -1.37. The van der Waals surface area contributed by atoms with Gasteiger partial charge in [-0.1, -0.05) is 23.5 Å². The van der Waals surface area contributed by atoms with Crippen LogP contribution < -0.4 is 10.1 Å². The lowest BCUT2D eigenvalue weighted by atomic mass is 9.90. The van der Waals surface area contributed by atoms with Crippen molar-refractivity contribution in [3.8, 4) is 5.75 Å². The van der Waals surface area contributed by atoms with Crippen LogP contribution in [-0.4, -0.2) is 29.6 Å². The Morgan fingerprint density at radius 2 is 2.00 bits per heavy atom. The Kier molecular flexibility index (Phi) is 6.28. The largest absolute Gasteiger partial charge is 0.573 e. The van der Waals surface area contributed by atoms with Crippen molar-refractivity contribution in [2.75, 3.05) is 11.9 Å². The number of para-hydroxylation sites is 1. The second kappa shape index (κ2) is 9.13. The van der Waals surface area contributed by atoms with Crippen LogP contribution >= 0.6 is 11.3 Å². The molecule has 1 amide bonds. The molecule has 32 heavy (non-hydrogen) atoms. The first kappa shape index (κ1) is 22.0. The molecule has 1 fully saturated rings. The van der Waals surface area contributed by atoms with E-state index in [1.807, 2.05) is 0 Å². The smallest absolute Gasteiger partial charge is 0.467 e. The Morgan fingerprint density at radius 3 is 2.75 bits per heavy atom. The molecule has 11 heteroatoms. The summed E-state index contributed by atoms with van der Waals surface area (Å²) < 4.78 is 52.7. The quantitative estimate of drug-likeness (QED) is 0.500. The number of hydrogen-bond donors (Lipinski definition) is 1. The van der Waals surface area contributed by atoms with Crippen LogP contribution in [-0.2, 0) is 4.74 Å². The summed E-state index contributed by atoms with van der Waals surface area (Å²) in [5.74, 6) is -1.24. The maximum atomic E-state index is 12.9. The molecule has 3 aromatic rings. The number of ether oxygens (including phenoxy) is 2. The Labute approximate surface area is 184 Å². The molecule has 4 rings (SSSR count). The highest BCUT2D eigenvalue weighted by molar-refractivity contribution is 7.17. The number of ketones is 1. The van der Waals surface area contributed by atoms with Crippen LogP contribution in [0.3, 0.4) is 0 Å². The number of carbonyl (C=O) groups excluding carboxylic acids is 2. The number of aromatic nitrogens is 1. The Morgan fingerprint density at radius 1 is 1.19 bits per heavy atom. The lowest BCUT2D eigenvalue weighted by Crippen LogP contribution is -2.25. The van der Waals surface area contributed by atoms with Gasteiger partial charge in [-0.2, -0.15) is 0 Å². The van der Waals surface area contributed by atoms with E-state index in [2.05, 4.69) is 15.0 Å². The Bertz CT molecular complexity index is 1100. The number of thiazole rings is 1. The van der Waals surface area contributed by atoms with E-state index in [-0.39, 0.29) is 28.5 Å². The van der Waals surface area contributed by atoms with Crippen molar-refractivity contribution in [3.63, 3.8) is 0 Å². The van der Waals surface area contributed by atoms with Crippen LogP contribution in [0.1, 0.15) is 44.7 Å². The maximum Gasteiger partial charge on any atom is 0.573 e. The molecule has 0 bridgehead atoms. The van der Waals surface area contributed by atoms with Gasteiger partial charge in [-0.15, -0.1) is 13.2 Å². The van der Waals surface area contributed by atoms with Crippen molar-refractivity contribution in [1.29, 1.82) is 0 Å². The summed E-state index contributed by atoms with van der Waals surface area (Å²) in [4.78, 5) is 29.8. The zero-order valence-corrected chi connectivity index (χ0v) is 17.2. The molecule has 2 aromatic heterocycles. The van der Waals surface area contributed by atoms with Crippen molar-refractivity contribution < 1.29 is 36.7 Å². The molecular formula is C21H17F3N2O5S. The van der Waals surface area contributed by atoms with Gasteiger partial charge in [0.05, 0.1) is 22.9 Å². The zero-order chi connectivity index (χ0) is 22.7. The van der Waals surface area contributed by atoms with Gasteiger partial charge in [-0.25, -0.2) is 4.98 Å². The summed E-state index contributed by atoms with van der Waals surface area (Å²) in [7, 11) is 0. The van der Waals surface area contributed by atoms with Crippen molar-refractivity contribution >= 4 is 28.2 Å². The van der Waals surface area contributed by atoms with E-state index < -0.39 is 18.0 Å². The van der Waals surface area contributed by atoms with Gasteiger partial charge < -0.3 is 13.9 Å². The molecule has 7 nitrogen and oxygen atoms in total. The molecule has 1 saturated heterocycles. The maximum absolute atomic E-state index is 12.9. The summed E-state index contributed by atoms with van der Waals surface area (Å²) in [5, 5.41) is 2.52. The first-order valence-electron chi connectivity index (χ1n) is 9.61. The van der Waals surface area contributed by atoms with E-state index in [4.69, 9.17) is 9.15 Å². The second-order valence-electron chi connectivity index (χ2n) is 6.99. The average Bonchev–Trinajstić information content (AvgIpc) is 3.45. The molecule has 1 N–H and O–H groups in total. The molecule has 0 spiro atoms. The minimum atomic E-state index is -4.94. The summed E-state index contributed by atoms with van der Waals surface area (Å²) in [5.41, 5.74) is -0.307. The molecule has 2 atom stereocenters. The van der Waals surface area contributed by atoms with Gasteiger partial charge >= 0.3 is 6.36 Å². The van der Waals surface area contributed by atoms with Crippen LogP contribution in [0, 0.1) is 5.92 Å². The lowest BCUT2D eigenvalue weighted by molar-refractivity contribution is -0.274. The first-order chi connectivity index (χ1) is 15.3. The second-order valence-corrected chi connectivity index (χ2v) is 8.02. The number of anilines is 1. The fraction of sp³-hybridized carbons (Fsp3) is 0.286. The van der Waals surface area contributed by atoms with E-state index in [9.17, 15) is 22.8 Å². The molecule has 2 unspecified atom stereocenters. The van der Waals surface area contributed by atoms with E-state index in [1.165, 1.54) is 24.4 Å². The highest BCUT2D eigenvalue weighted by atomic mass is 32.1. The molecule has 0 aliphatic carbocycles. The first-order valence-corrected chi connectivity index (χ1v) is 10.4. The summed E-state index contributed by atoms with van der Waals surface area (Å²) in [6, 6.07) is 8.52. The third-order valence-corrected chi connectivity index (χ3v) is 5.77. The Hall–Kier alpha value is -3.18. The minimum absolute atomic E-state index is 0.0924. The normalized spacial score (nSPS) is 18.8. The van der Waals surface area contributed by atoms with Gasteiger partial charge in [0, 0.05) is 12.5 Å². The topological polar surface area (TPSA) is 90.7 Å². The fourth-order valence-corrected chi connectivity index (χ4v) is 4.22. The molecule has 3 heterocycles.